The van der Waals surface area contributed by atoms with Crippen LogP contribution in [0.2, 0.25) is 0 Å². The van der Waals surface area contributed by atoms with Crippen LogP contribution in [0.25, 0.3) is 28.0 Å². The molecular formula is C33H36BrF2N5O4. The highest BCUT2D eigenvalue weighted by molar-refractivity contribution is 9.10. The monoisotopic (exact) mass is 683 g/mol. The molecule has 0 bridgehead atoms. The minimum Gasteiger partial charge on any atom is -0.507 e. The van der Waals surface area contributed by atoms with Crippen LogP contribution in [0.15, 0.2) is 45.7 Å². The number of benzene rings is 2. The number of aromatic nitrogens is 3. The molecule has 0 spiro atoms. The molecule has 0 radical (unpaired) electrons. The third-order valence-corrected chi connectivity index (χ3v) is 8.18. The van der Waals surface area contributed by atoms with Gasteiger partial charge in [-0.2, -0.15) is 4.98 Å². The first-order chi connectivity index (χ1) is 21.1. The van der Waals surface area contributed by atoms with Crippen LogP contribution in [0.5, 0.6) is 5.75 Å². The fourth-order valence-corrected chi connectivity index (χ4v) is 6.31. The van der Waals surface area contributed by atoms with E-state index in [1.165, 1.54) is 22.8 Å². The molecule has 1 amide bonds. The molecule has 0 unspecified atom stereocenters. The van der Waals surface area contributed by atoms with Crippen LogP contribution in [-0.2, 0) is 4.74 Å². The maximum absolute atomic E-state index is 16.0. The van der Waals surface area contributed by atoms with Crippen LogP contribution in [0, 0.1) is 18.6 Å². The van der Waals surface area contributed by atoms with Crippen molar-refractivity contribution in [1.29, 1.82) is 0 Å². The minimum atomic E-state index is -0.896. The first-order valence-corrected chi connectivity index (χ1v) is 15.5. The van der Waals surface area contributed by atoms with Gasteiger partial charge in [-0.3, -0.25) is 0 Å². The quantitative estimate of drug-likeness (QED) is 0.246. The Morgan fingerprint density at radius 3 is 2.44 bits per heavy atom. The van der Waals surface area contributed by atoms with Gasteiger partial charge in [0, 0.05) is 30.1 Å². The fraction of sp³-hybridized carbons (Fsp3) is 0.394. The van der Waals surface area contributed by atoms with E-state index in [0.717, 1.165) is 21.7 Å². The predicted octanol–water partition coefficient (Wildman–Crippen LogP) is 7.07. The molecule has 45 heavy (non-hydrogen) atoms. The molecule has 0 saturated carbocycles. The number of nitrogens with zero attached hydrogens (tertiary/aromatic N) is 5. The molecule has 1 aliphatic rings. The molecule has 1 aliphatic heterocycles. The number of rotatable bonds is 4. The van der Waals surface area contributed by atoms with Gasteiger partial charge in [0.2, 0.25) is 0 Å². The smallest absolute Gasteiger partial charge is 0.410 e. The summed E-state index contributed by atoms with van der Waals surface area (Å²) in [6, 6.07) is 8.28. The number of anilines is 1. The Morgan fingerprint density at radius 2 is 1.82 bits per heavy atom. The van der Waals surface area contributed by atoms with Gasteiger partial charge < -0.3 is 19.6 Å². The number of carbonyl (C=O) groups excluding carboxylic acids is 1. The van der Waals surface area contributed by atoms with Crippen molar-refractivity contribution in [3.05, 3.63) is 74.1 Å². The topological polar surface area (TPSA) is 101 Å². The Kier molecular flexibility index (Phi) is 8.65. The maximum atomic E-state index is 16.0. The summed E-state index contributed by atoms with van der Waals surface area (Å²) in [5.74, 6) is -2.07. The highest BCUT2D eigenvalue weighted by atomic mass is 79.9. The van der Waals surface area contributed by atoms with Crippen LogP contribution in [0.4, 0.5) is 19.4 Å². The highest BCUT2D eigenvalue weighted by Gasteiger charge is 2.33. The SMILES string of the molecule is Cc1cc(Br)cc(C(C)C)c1-n1c(=O)nc(N2CCN(C(=O)OC(C)(C)C)C[C@@H]2C)c2cc(F)c(-c3c(O)cccc3F)nc21. The molecule has 238 valence electrons. The van der Waals surface area contributed by atoms with E-state index in [1.54, 1.807) is 25.7 Å². The lowest BCUT2D eigenvalue weighted by Crippen LogP contribution is -2.55. The van der Waals surface area contributed by atoms with E-state index in [2.05, 4.69) is 25.9 Å². The summed E-state index contributed by atoms with van der Waals surface area (Å²) in [6.45, 7) is 13.9. The number of phenols is 1. The Hall–Kier alpha value is -4.06. The lowest BCUT2D eigenvalue weighted by atomic mass is 9.98. The van der Waals surface area contributed by atoms with Crippen molar-refractivity contribution in [2.24, 2.45) is 0 Å². The van der Waals surface area contributed by atoms with Crippen molar-refractivity contribution in [2.45, 2.75) is 66.0 Å². The summed E-state index contributed by atoms with van der Waals surface area (Å²) in [7, 11) is 0. The zero-order chi connectivity index (χ0) is 33.0. The molecule has 0 aliphatic carbocycles. The molecule has 4 aromatic rings. The highest BCUT2D eigenvalue weighted by Crippen LogP contribution is 2.37. The average Bonchev–Trinajstić information content (AvgIpc) is 2.92. The van der Waals surface area contributed by atoms with Crippen molar-refractivity contribution in [3.8, 4) is 22.7 Å². The van der Waals surface area contributed by atoms with Gasteiger partial charge in [0.1, 0.15) is 28.7 Å². The van der Waals surface area contributed by atoms with E-state index < -0.39 is 46.0 Å². The molecule has 9 nitrogen and oxygen atoms in total. The van der Waals surface area contributed by atoms with Crippen LogP contribution >= 0.6 is 15.9 Å². The first kappa shape index (κ1) is 32.3. The summed E-state index contributed by atoms with van der Waals surface area (Å²) in [6.07, 6.45) is -0.448. The molecule has 1 N–H and O–H groups in total. The lowest BCUT2D eigenvalue weighted by Gasteiger charge is -2.41. The van der Waals surface area contributed by atoms with Crippen molar-refractivity contribution in [2.75, 3.05) is 24.5 Å². The zero-order valence-corrected chi connectivity index (χ0v) is 27.9. The average molecular weight is 685 g/mol. The Balaban J connectivity index is 1.76. The predicted molar refractivity (Wildman–Crippen MR) is 173 cm³/mol. The number of amides is 1. The van der Waals surface area contributed by atoms with E-state index in [9.17, 15) is 14.7 Å². The van der Waals surface area contributed by atoms with Crippen molar-refractivity contribution >= 4 is 38.9 Å². The minimum absolute atomic E-state index is 0.0192. The third kappa shape index (κ3) is 6.25. The van der Waals surface area contributed by atoms with Crippen LogP contribution in [0.3, 0.4) is 0 Å². The second-order valence-electron chi connectivity index (χ2n) is 12.7. The van der Waals surface area contributed by atoms with Gasteiger partial charge in [-0.25, -0.2) is 27.9 Å². The number of carbonyl (C=O) groups is 1. The molecule has 3 heterocycles. The number of piperazine rings is 1. The van der Waals surface area contributed by atoms with Gasteiger partial charge in [-0.15, -0.1) is 0 Å². The Labute approximate surface area is 268 Å². The summed E-state index contributed by atoms with van der Waals surface area (Å²) in [5, 5.41) is 10.7. The van der Waals surface area contributed by atoms with Gasteiger partial charge >= 0.3 is 11.8 Å². The van der Waals surface area contributed by atoms with Crippen LogP contribution in [-0.4, -0.2) is 61.9 Å². The number of halogens is 3. The maximum Gasteiger partial charge on any atom is 0.410 e. The Morgan fingerprint density at radius 1 is 1.11 bits per heavy atom. The lowest BCUT2D eigenvalue weighted by molar-refractivity contribution is 0.0218. The van der Waals surface area contributed by atoms with E-state index in [0.29, 0.717) is 5.69 Å². The Bertz CT molecular complexity index is 1850. The van der Waals surface area contributed by atoms with Crippen LogP contribution < -0.4 is 10.6 Å². The molecule has 1 saturated heterocycles. The van der Waals surface area contributed by atoms with E-state index in [1.807, 2.05) is 44.7 Å². The van der Waals surface area contributed by atoms with Crippen LogP contribution in [0.1, 0.15) is 58.6 Å². The molecule has 1 fully saturated rings. The zero-order valence-electron chi connectivity index (χ0n) is 26.3. The fourth-order valence-electron chi connectivity index (χ4n) is 5.72. The van der Waals surface area contributed by atoms with Gasteiger partial charge in [-0.1, -0.05) is 35.8 Å². The molecule has 2 aromatic carbocycles. The number of hydrogen-bond acceptors (Lipinski definition) is 7. The van der Waals surface area contributed by atoms with E-state index in [4.69, 9.17) is 4.74 Å². The number of aromatic hydroxyl groups is 1. The largest absolute Gasteiger partial charge is 0.507 e. The van der Waals surface area contributed by atoms with E-state index >= 15 is 8.78 Å². The van der Waals surface area contributed by atoms with Gasteiger partial charge in [-0.05, 0) is 82.0 Å². The third-order valence-electron chi connectivity index (χ3n) is 7.72. The molecule has 5 rings (SSSR count). The summed E-state index contributed by atoms with van der Waals surface area (Å²) in [5.41, 5.74) is -0.0159. The normalized spacial score (nSPS) is 15.7. The second-order valence-corrected chi connectivity index (χ2v) is 13.6. The number of hydrogen-bond donors (Lipinski definition) is 1. The number of pyridine rings is 1. The summed E-state index contributed by atoms with van der Waals surface area (Å²) < 4.78 is 38.7. The number of aryl methyl sites for hydroxylation is 1. The molecule has 1 atom stereocenters. The summed E-state index contributed by atoms with van der Waals surface area (Å²) in [4.78, 5) is 39.3. The first-order valence-electron chi connectivity index (χ1n) is 14.7. The summed E-state index contributed by atoms with van der Waals surface area (Å²) >= 11 is 3.54. The molecule has 12 heteroatoms. The van der Waals surface area contributed by atoms with Crippen molar-refractivity contribution < 1.29 is 23.4 Å². The standard InChI is InChI=1S/C33H36BrF2N5O4/c1-17(2)21-14-20(34)13-18(3)28(21)41-30-22(15-24(36)27(37-30)26-23(35)9-8-10-25(26)42)29(38-31(41)43)40-12-11-39(16-19(40)4)32(44)45-33(5,6)7/h8-10,13-15,17,19,42H,11-12,16H2,1-7H3/t19-/m0/s1. The molecule has 2 aromatic heterocycles. The van der Waals surface area contributed by atoms with Gasteiger partial charge in [0.05, 0.1) is 16.6 Å². The number of fused-ring (bicyclic) bond motifs is 1. The number of ether oxygens (including phenoxy) is 1. The molecular weight excluding hydrogens is 648 g/mol. The van der Waals surface area contributed by atoms with Crippen molar-refractivity contribution in [3.63, 3.8) is 0 Å². The van der Waals surface area contributed by atoms with Gasteiger partial charge in [0.25, 0.3) is 0 Å². The second kappa shape index (κ2) is 12.0. The number of phenolic OH excluding ortho intramolecular Hbond substituents is 1. The van der Waals surface area contributed by atoms with Gasteiger partial charge in [0.15, 0.2) is 11.5 Å². The van der Waals surface area contributed by atoms with Crippen molar-refractivity contribution in [1.82, 2.24) is 19.4 Å². The van der Waals surface area contributed by atoms with E-state index in [-0.39, 0.29) is 48.4 Å².